The zero-order chi connectivity index (χ0) is 20.0. The van der Waals surface area contributed by atoms with Crippen LogP contribution in [0.1, 0.15) is 43.7 Å². The average molecular weight is 375 g/mol. The summed E-state index contributed by atoms with van der Waals surface area (Å²) in [5.74, 6) is 1.73. The van der Waals surface area contributed by atoms with Crippen molar-refractivity contribution in [2.24, 2.45) is 0 Å². The molecule has 0 saturated carbocycles. The molecule has 27 heavy (non-hydrogen) atoms. The van der Waals surface area contributed by atoms with E-state index < -0.39 is 6.10 Å². The Morgan fingerprint density at radius 3 is 2.48 bits per heavy atom. The van der Waals surface area contributed by atoms with E-state index in [0.29, 0.717) is 13.1 Å². The first-order valence-electron chi connectivity index (χ1n) is 9.51. The highest BCUT2D eigenvalue weighted by Crippen LogP contribution is 2.27. The van der Waals surface area contributed by atoms with Gasteiger partial charge in [0.1, 0.15) is 24.2 Å². The van der Waals surface area contributed by atoms with Gasteiger partial charge in [-0.15, -0.1) is 0 Å². The Balaban J connectivity index is 1.80. The minimum atomic E-state index is -0.578. The van der Waals surface area contributed by atoms with Crippen LogP contribution in [0.25, 0.3) is 0 Å². The smallest absolute Gasteiger partial charge is 0.122 e. The first-order chi connectivity index (χ1) is 12.7. The maximum Gasteiger partial charge on any atom is 0.122 e. The summed E-state index contributed by atoms with van der Waals surface area (Å²) in [5, 5.41) is 13.5. The van der Waals surface area contributed by atoms with E-state index >= 15 is 0 Å². The molecule has 0 fully saturated rings. The molecule has 1 heterocycles. The van der Waals surface area contributed by atoms with Crippen LogP contribution in [0.3, 0.4) is 0 Å². The predicted octanol–water partition coefficient (Wildman–Crippen LogP) is 3.52. The standard InChI is InChI=1S/C22H34N2O3/c1-16-12-17(22(2,3)4)9-10-20(16)27-15-18(25)13-23-14-19(24(5)6)21-8-7-11-26-21/h7-12,18-19,23,25H,13-15H2,1-6H3/t18-,19-/m1/s1. The molecule has 2 aromatic rings. The number of benzene rings is 1. The van der Waals surface area contributed by atoms with Gasteiger partial charge in [0.25, 0.3) is 0 Å². The van der Waals surface area contributed by atoms with E-state index in [-0.39, 0.29) is 18.1 Å². The molecule has 0 spiro atoms. The molecular weight excluding hydrogens is 340 g/mol. The minimum absolute atomic E-state index is 0.115. The Labute approximate surface area is 163 Å². The molecule has 0 radical (unpaired) electrons. The lowest BCUT2D eigenvalue weighted by atomic mass is 9.86. The number of rotatable bonds is 9. The number of nitrogens with zero attached hydrogens (tertiary/aromatic N) is 1. The molecule has 150 valence electrons. The van der Waals surface area contributed by atoms with Gasteiger partial charge in [0.2, 0.25) is 0 Å². The minimum Gasteiger partial charge on any atom is -0.491 e. The second-order valence-electron chi connectivity index (χ2n) is 8.35. The molecule has 0 bridgehead atoms. The second kappa shape index (κ2) is 9.40. The zero-order valence-corrected chi connectivity index (χ0v) is 17.5. The molecule has 5 nitrogen and oxygen atoms in total. The molecule has 0 aliphatic rings. The van der Waals surface area contributed by atoms with Gasteiger partial charge in [0, 0.05) is 13.1 Å². The number of nitrogens with one attached hydrogen (secondary N) is 1. The lowest BCUT2D eigenvalue weighted by Crippen LogP contribution is -2.37. The lowest BCUT2D eigenvalue weighted by Gasteiger charge is -2.23. The van der Waals surface area contributed by atoms with Crippen LogP contribution in [-0.2, 0) is 5.41 Å². The number of aliphatic hydroxyl groups is 1. The molecule has 2 atom stereocenters. The molecule has 0 aliphatic carbocycles. The highest BCUT2D eigenvalue weighted by molar-refractivity contribution is 5.38. The van der Waals surface area contributed by atoms with Gasteiger partial charge in [-0.05, 0) is 55.8 Å². The number of hydrogen-bond acceptors (Lipinski definition) is 5. The topological polar surface area (TPSA) is 57.9 Å². The van der Waals surface area contributed by atoms with E-state index in [1.165, 1.54) is 5.56 Å². The normalized spacial score (nSPS) is 14.4. The van der Waals surface area contributed by atoms with Crippen LogP contribution < -0.4 is 10.1 Å². The fourth-order valence-corrected chi connectivity index (χ4v) is 2.93. The second-order valence-corrected chi connectivity index (χ2v) is 8.35. The van der Waals surface area contributed by atoms with Gasteiger partial charge < -0.3 is 19.6 Å². The largest absolute Gasteiger partial charge is 0.491 e. The zero-order valence-electron chi connectivity index (χ0n) is 17.5. The van der Waals surface area contributed by atoms with Crippen molar-refractivity contribution in [1.29, 1.82) is 0 Å². The molecule has 2 rings (SSSR count). The van der Waals surface area contributed by atoms with Gasteiger partial charge in [-0.25, -0.2) is 0 Å². The third kappa shape index (κ3) is 6.38. The van der Waals surface area contributed by atoms with E-state index in [1.807, 2.05) is 39.2 Å². The Hall–Kier alpha value is -1.82. The fourth-order valence-electron chi connectivity index (χ4n) is 2.93. The number of likely N-dealkylation sites (N-methyl/N-ethyl adjacent to an activating group) is 1. The van der Waals surface area contributed by atoms with E-state index in [0.717, 1.165) is 17.1 Å². The summed E-state index contributed by atoms with van der Waals surface area (Å²) in [6, 6.07) is 10.2. The lowest BCUT2D eigenvalue weighted by molar-refractivity contribution is 0.103. The van der Waals surface area contributed by atoms with Crippen LogP contribution >= 0.6 is 0 Å². The van der Waals surface area contributed by atoms with Crippen molar-refractivity contribution < 1.29 is 14.3 Å². The van der Waals surface area contributed by atoms with Crippen molar-refractivity contribution in [3.63, 3.8) is 0 Å². The summed E-state index contributed by atoms with van der Waals surface area (Å²) in [5.41, 5.74) is 2.49. The first-order valence-corrected chi connectivity index (χ1v) is 9.51. The van der Waals surface area contributed by atoms with Crippen LogP contribution in [0.5, 0.6) is 5.75 Å². The summed E-state index contributed by atoms with van der Waals surface area (Å²) in [6.07, 6.45) is 1.10. The van der Waals surface area contributed by atoms with Gasteiger partial charge in [0.15, 0.2) is 0 Å². The molecule has 2 N–H and O–H groups in total. The van der Waals surface area contributed by atoms with E-state index in [1.54, 1.807) is 6.26 Å². The van der Waals surface area contributed by atoms with Crippen molar-refractivity contribution in [1.82, 2.24) is 10.2 Å². The van der Waals surface area contributed by atoms with Crippen LogP contribution in [0.2, 0.25) is 0 Å². The number of aliphatic hydroxyl groups excluding tert-OH is 1. The Morgan fingerprint density at radius 2 is 1.93 bits per heavy atom. The Bertz CT molecular complexity index is 690. The summed E-state index contributed by atoms with van der Waals surface area (Å²) in [6.45, 7) is 10.0. The highest BCUT2D eigenvalue weighted by Gasteiger charge is 2.18. The predicted molar refractivity (Wildman–Crippen MR) is 109 cm³/mol. The summed E-state index contributed by atoms with van der Waals surface area (Å²) in [7, 11) is 4.02. The monoisotopic (exact) mass is 374 g/mol. The molecule has 0 aliphatic heterocycles. The van der Waals surface area contributed by atoms with Crippen LogP contribution in [0, 0.1) is 6.92 Å². The highest BCUT2D eigenvalue weighted by atomic mass is 16.5. The third-order valence-electron chi connectivity index (χ3n) is 4.68. The molecule has 0 saturated heterocycles. The fraction of sp³-hybridized carbons (Fsp3) is 0.545. The van der Waals surface area contributed by atoms with Crippen molar-refractivity contribution in [3.8, 4) is 5.75 Å². The SMILES string of the molecule is Cc1cc(C(C)(C)C)ccc1OC[C@H](O)CNC[C@H](c1ccco1)N(C)C. The van der Waals surface area contributed by atoms with Crippen LogP contribution in [-0.4, -0.2) is 49.9 Å². The summed E-state index contributed by atoms with van der Waals surface area (Å²) in [4.78, 5) is 2.09. The Kier molecular flexibility index (Phi) is 7.48. The number of aryl methyl sites for hydroxylation is 1. The van der Waals surface area contributed by atoms with E-state index in [2.05, 4.69) is 43.1 Å². The molecule has 1 aromatic carbocycles. The first kappa shape index (κ1) is 21.5. The van der Waals surface area contributed by atoms with E-state index in [4.69, 9.17) is 9.15 Å². The van der Waals surface area contributed by atoms with Crippen molar-refractivity contribution in [3.05, 3.63) is 53.5 Å². The van der Waals surface area contributed by atoms with Gasteiger partial charge in [-0.2, -0.15) is 0 Å². The van der Waals surface area contributed by atoms with Crippen LogP contribution in [0.15, 0.2) is 41.0 Å². The van der Waals surface area contributed by atoms with E-state index in [9.17, 15) is 5.11 Å². The van der Waals surface area contributed by atoms with Gasteiger partial charge in [-0.1, -0.05) is 32.9 Å². The van der Waals surface area contributed by atoms with Crippen LogP contribution in [0.4, 0.5) is 0 Å². The number of furan rings is 1. The van der Waals surface area contributed by atoms with Crippen molar-refractivity contribution >= 4 is 0 Å². The number of hydrogen-bond donors (Lipinski definition) is 2. The summed E-state index contributed by atoms with van der Waals surface area (Å²) >= 11 is 0. The quantitative estimate of drug-likeness (QED) is 0.703. The molecule has 0 amide bonds. The van der Waals surface area contributed by atoms with Gasteiger partial charge >= 0.3 is 0 Å². The molecule has 5 heteroatoms. The molecule has 0 unspecified atom stereocenters. The maximum absolute atomic E-state index is 10.2. The van der Waals surface area contributed by atoms with Crippen molar-refractivity contribution in [2.75, 3.05) is 33.8 Å². The average Bonchev–Trinajstić information content (AvgIpc) is 3.10. The third-order valence-corrected chi connectivity index (χ3v) is 4.68. The van der Waals surface area contributed by atoms with Gasteiger partial charge in [0.05, 0.1) is 12.3 Å². The molecular formula is C22H34N2O3. The number of ether oxygens (including phenoxy) is 1. The molecule has 1 aromatic heterocycles. The Morgan fingerprint density at radius 1 is 1.19 bits per heavy atom. The van der Waals surface area contributed by atoms with Crippen molar-refractivity contribution in [2.45, 2.75) is 45.3 Å². The van der Waals surface area contributed by atoms with Gasteiger partial charge in [-0.3, -0.25) is 4.90 Å². The maximum atomic E-state index is 10.2. The summed E-state index contributed by atoms with van der Waals surface area (Å²) < 4.78 is 11.3.